The van der Waals surface area contributed by atoms with Crippen LogP contribution in [0.3, 0.4) is 0 Å². The van der Waals surface area contributed by atoms with Crippen LogP contribution in [-0.2, 0) is 21.2 Å². The van der Waals surface area contributed by atoms with Gasteiger partial charge in [-0.05, 0) is 56.0 Å². The summed E-state index contributed by atoms with van der Waals surface area (Å²) in [6.45, 7) is 2.46. The second-order valence-corrected chi connectivity index (χ2v) is 9.77. The van der Waals surface area contributed by atoms with Crippen molar-refractivity contribution in [1.82, 2.24) is 4.31 Å². The first kappa shape index (κ1) is 20.8. The lowest BCUT2D eigenvalue weighted by Gasteiger charge is -2.34. The van der Waals surface area contributed by atoms with E-state index in [2.05, 4.69) is 0 Å². The van der Waals surface area contributed by atoms with Gasteiger partial charge in [0.05, 0.1) is 7.11 Å². The van der Waals surface area contributed by atoms with Crippen molar-refractivity contribution in [2.45, 2.75) is 37.1 Å². The van der Waals surface area contributed by atoms with Crippen LogP contribution in [0.1, 0.15) is 25.3 Å². The second-order valence-electron chi connectivity index (χ2n) is 7.86. The number of carbonyl (C=O) groups excluding carboxylic acids is 1. The molecule has 2 heterocycles. The number of benzene rings is 2. The van der Waals surface area contributed by atoms with Gasteiger partial charge < -0.3 is 9.64 Å². The minimum Gasteiger partial charge on any atom is -0.495 e. The van der Waals surface area contributed by atoms with Crippen LogP contribution in [0.4, 0.5) is 10.1 Å². The maximum atomic E-state index is 13.7. The van der Waals surface area contributed by atoms with E-state index in [9.17, 15) is 17.6 Å². The van der Waals surface area contributed by atoms with Crippen LogP contribution in [0.25, 0.3) is 0 Å². The molecule has 4 rings (SSSR count). The average Bonchev–Trinajstić information content (AvgIpc) is 3.09. The van der Waals surface area contributed by atoms with Gasteiger partial charge in [0.15, 0.2) is 0 Å². The molecular weight excluding hydrogens is 407 g/mol. The topological polar surface area (TPSA) is 66.9 Å². The lowest BCUT2D eigenvalue weighted by molar-refractivity contribution is -0.123. The molecule has 0 aliphatic carbocycles. The summed E-state index contributed by atoms with van der Waals surface area (Å²) in [5, 5.41) is 0. The van der Waals surface area contributed by atoms with E-state index in [0.717, 1.165) is 29.8 Å². The van der Waals surface area contributed by atoms with Gasteiger partial charge >= 0.3 is 0 Å². The predicted molar refractivity (Wildman–Crippen MR) is 112 cm³/mol. The molecular formula is C22H25FN2O4S. The molecule has 0 N–H and O–H groups in total. The van der Waals surface area contributed by atoms with Crippen LogP contribution in [0, 0.1) is 11.7 Å². The molecule has 0 bridgehead atoms. The Balaban J connectivity index is 1.49. The fraction of sp³-hybridized carbons (Fsp3) is 0.409. The number of nitrogens with zero attached hydrogens (tertiary/aromatic N) is 2. The van der Waals surface area contributed by atoms with Crippen molar-refractivity contribution in [2.24, 2.45) is 5.92 Å². The Morgan fingerprint density at radius 1 is 1.13 bits per heavy atom. The largest absolute Gasteiger partial charge is 0.495 e. The van der Waals surface area contributed by atoms with Gasteiger partial charge in [-0.1, -0.05) is 18.2 Å². The van der Waals surface area contributed by atoms with Crippen molar-refractivity contribution < 1.29 is 22.3 Å². The van der Waals surface area contributed by atoms with Crippen molar-refractivity contribution >= 4 is 21.6 Å². The lowest BCUT2D eigenvalue weighted by Crippen LogP contribution is -2.46. The Morgan fingerprint density at radius 3 is 2.53 bits per heavy atom. The van der Waals surface area contributed by atoms with Crippen molar-refractivity contribution in [2.75, 3.05) is 25.1 Å². The van der Waals surface area contributed by atoms with Crippen molar-refractivity contribution in [3.63, 3.8) is 0 Å². The standard InChI is InChI=1S/C22H25FN2O4S/c1-15-13-17-5-3-4-6-19(17)25(15)22(26)16-9-11-24(12-10-16)30(27,28)21-14-18(23)7-8-20(21)29-2/h3-8,14-16H,9-13H2,1-2H3/t15-/m1/s1. The Hall–Kier alpha value is -2.45. The smallest absolute Gasteiger partial charge is 0.246 e. The molecule has 6 nitrogen and oxygen atoms in total. The van der Waals surface area contributed by atoms with Gasteiger partial charge in [-0.15, -0.1) is 0 Å². The number of piperidine rings is 1. The van der Waals surface area contributed by atoms with Gasteiger partial charge in [-0.3, -0.25) is 4.79 Å². The van der Waals surface area contributed by atoms with Crippen molar-refractivity contribution in [3.8, 4) is 5.75 Å². The highest BCUT2D eigenvalue weighted by Crippen LogP contribution is 2.36. The third-order valence-corrected chi connectivity index (χ3v) is 7.91. The fourth-order valence-corrected chi connectivity index (χ4v) is 6.07. The van der Waals surface area contributed by atoms with Gasteiger partial charge in [-0.25, -0.2) is 12.8 Å². The van der Waals surface area contributed by atoms with Gasteiger partial charge in [0, 0.05) is 30.7 Å². The van der Waals surface area contributed by atoms with Crippen LogP contribution in [0.2, 0.25) is 0 Å². The van der Waals surface area contributed by atoms with E-state index < -0.39 is 15.8 Å². The highest BCUT2D eigenvalue weighted by molar-refractivity contribution is 7.89. The summed E-state index contributed by atoms with van der Waals surface area (Å²) in [4.78, 5) is 14.9. The summed E-state index contributed by atoms with van der Waals surface area (Å²) >= 11 is 0. The molecule has 1 atom stereocenters. The average molecular weight is 433 g/mol. The third-order valence-electron chi connectivity index (χ3n) is 5.99. The van der Waals surface area contributed by atoms with Crippen LogP contribution in [-0.4, -0.2) is 44.9 Å². The molecule has 8 heteroatoms. The zero-order chi connectivity index (χ0) is 21.5. The van der Waals surface area contributed by atoms with Crippen LogP contribution < -0.4 is 9.64 Å². The zero-order valence-corrected chi connectivity index (χ0v) is 17.9. The molecule has 0 spiro atoms. The molecule has 0 unspecified atom stereocenters. The third kappa shape index (κ3) is 3.58. The minimum absolute atomic E-state index is 0.0489. The maximum Gasteiger partial charge on any atom is 0.246 e. The molecule has 2 aromatic rings. The Morgan fingerprint density at radius 2 is 1.83 bits per heavy atom. The first-order valence-electron chi connectivity index (χ1n) is 10.1. The van der Waals surface area contributed by atoms with E-state index in [1.807, 2.05) is 36.1 Å². The number of methoxy groups -OCH3 is 1. The lowest BCUT2D eigenvalue weighted by atomic mass is 9.96. The summed E-state index contributed by atoms with van der Waals surface area (Å²) < 4.78 is 46.2. The van der Waals surface area contributed by atoms with E-state index in [1.165, 1.54) is 17.5 Å². The number of rotatable bonds is 4. The summed E-state index contributed by atoms with van der Waals surface area (Å²) in [6.07, 6.45) is 1.69. The first-order valence-corrected chi connectivity index (χ1v) is 11.5. The molecule has 1 amide bonds. The Labute approximate surface area is 176 Å². The van der Waals surface area contributed by atoms with E-state index in [0.29, 0.717) is 12.8 Å². The van der Waals surface area contributed by atoms with E-state index in [4.69, 9.17) is 4.74 Å². The number of amides is 1. The molecule has 2 aromatic carbocycles. The Bertz CT molecular complexity index is 1060. The predicted octanol–water partition coefficient (Wildman–Crippen LogP) is 3.21. The highest BCUT2D eigenvalue weighted by Gasteiger charge is 2.38. The summed E-state index contributed by atoms with van der Waals surface area (Å²) in [7, 11) is -2.56. The number of hydrogen-bond donors (Lipinski definition) is 0. The van der Waals surface area contributed by atoms with Gasteiger partial charge in [-0.2, -0.15) is 4.31 Å². The number of fused-ring (bicyclic) bond motifs is 1. The molecule has 1 saturated heterocycles. The Kier molecular flexibility index (Phi) is 5.55. The normalized spacial score (nSPS) is 20.2. The van der Waals surface area contributed by atoms with E-state index in [1.54, 1.807) is 0 Å². The number of ether oxygens (including phenoxy) is 1. The summed E-state index contributed by atoms with van der Waals surface area (Å²) in [5.41, 5.74) is 2.12. The van der Waals surface area contributed by atoms with Crippen LogP contribution in [0.5, 0.6) is 5.75 Å². The maximum absolute atomic E-state index is 13.7. The number of sulfonamides is 1. The second kappa shape index (κ2) is 8.00. The SMILES string of the molecule is COc1ccc(F)cc1S(=O)(=O)N1CCC(C(=O)N2c3ccccc3C[C@H]2C)CC1. The zero-order valence-electron chi connectivity index (χ0n) is 17.0. The number of para-hydroxylation sites is 1. The highest BCUT2D eigenvalue weighted by atomic mass is 32.2. The fourth-order valence-electron chi connectivity index (χ4n) is 4.43. The summed E-state index contributed by atoms with van der Waals surface area (Å²) in [6, 6.07) is 11.5. The summed E-state index contributed by atoms with van der Waals surface area (Å²) in [5.74, 6) is -0.717. The van der Waals surface area contributed by atoms with Crippen LogP contribution >= 0.6 is 0 Å². The number of anilines is 1. The first-order chi connectivity index (χ1) is 14.3. The van der Waals surface area contributed by atoms with Crippen LogP contribution in [0.15, 0.2) is 47.4 Å². The molecule has 2 aliphatic rings. The van der Waals surface area contributed by atoms with Gasteiger partial charge in [0.1, 0.15) is 16.5 Å². The molecule has 160 valence electrons. The molecule has 1 fully saturated rings. The van der Waals surface area contributed by atoms with Crippen molar-refractivity contribution in [3.05, 3.63) is 53.8 Å². The van der Waals surface area contributed by atoms with E-state index >= 15 is 0 Å². The molecule has 30 heavy (non-hydrogen) atoms. The van der Waals surface area contributed by atoms with E-state index in [-0.39, 0.29) is 41.6 Å². The number of carbonyl (C=O) groups is 1. The van der Waals surface area contributed by atoms with Crippen molar-refractivity contribution in [1.29, 1.82) is 0 Å². The molecule has 2 aliphatic heterocycles. The minimum atomic E-state index is -3.91. The number of halogens is 1. The number of hydrogen-bond acceptors (Lipinski definition) is 4. The quantitative estimate of drug-likeness (QED) is 0.744. The van der Waals surface area contributed by atoms with Gasteiger partial charge in [0.25, 0.3) is 0 Å². The monoisotopic (exact) mass is 432 g/mol. The molecule has 0 radical (unpaired) electrons. The molecule has 0 saturated carbocycles. The molecule has 0 aromatic heterocycles. The van der Waals surface area contributed by atoms with Gasteiger partial charge in [0.2, 0.25) is 15.9 Å².